The Hall–Kier alpha value is -2.08. The van der Waals surface area contributed by atoms with Gasteiger partial charge in [-0.3, -0.25) is 4.90 Å². The zero-order valence-corrected chi connectivity index (χ0v) is 16.1. The van der Waals surface area contributed by atoms with Crippen molar-refractivity contribution >= 4 is 12.1 Å². The maximum atomic E-state index is 12.3. The van der Waals surface area contributed by atoms with Crippen LogP contribution in [0.1, 0.15) is 50.0 Å². The molecule has 1 atom stereocenters. The fraction of sp³-hybridized carbons (Fsp3) is 0.600. The minimum atomic E-state index is -0.644. The Balaban J connectivity index is 1.64. The van der Waals surface area contributed by atoms with Gasteiger partial charge in [0.15, 0.2) is 0 Å². The maximum Gasteiger partial charge on any atom is 0.410 e. The molecule has 1 saturated heterocycles. The summed E-state index contributed by atoms with van der Waals surface area (Å²) in [6.07, 6.45) is 0.605. The van der Waals surface area contributed by atoms with E-state index in [1.165, 1.54) is 0 Å². The van der Waals surface area contributed by atoms with Crippen LogP contribution in [0.4, 0.5) is 4.79 Å². The Bertz CT molecular complexity index is 697. The van der Waals surface area contributed by atoms with Gasteiger partial charge in [-0.15, -0.1) is 0 Å². The highest BCUT2D eigenvalue weighted by Crippen LogP contribution is 2.36. The third kappa shape index (κ3) is 4.01. The SMILES string of the molecule is CC(C)(C)OC(=O)N1CCCN(C[C@@]2(C)OC(=O)c3ccccc32)CC1. The predicted molar refractivity (Wildman–Crippen MR) is 98.1 cm³/mol. The molecule has 0 radical (unpaired) electrons. The molecule has 0 N–H and O–H groups in total. The number of cyclic esters (lactones) is 1. The summed E-state index contributed by atoms with van der Waals surface area (Å²) in [5.74, 6) is -0.256. The third-order valence-electron chi connectivity index (χ3n) is 4.80. The molecule has 0 aliphatic carbocycles. The highest BCUT2D eigenvalue weighted by Gasteiger charge is 2.42. The number of hydrogen-bond donors (Lipinski definition) is 0. The normalized spacial score (nSPS) is 24.0. The fourth-order valence-corrected chi connectivity index (χ4v) is 3.62. The number of ether oxygens (including phenoxy) is 2. The molecule has 6 nitrogen and oxygen atoms in total. The number of benzene rings is 1. The molecule has 6 heteroatoms. The van der Waals surface area contributed by atoms with Crippen LogP contribution in [-0.4, -0.2) is 60.2 Å². The van der Waals surface area contributed by atoms with Gasteiger partial charge in [0.25, 0.3) is 0 Å². The van der Waals surface area contributed by atoms with E-state index in [4.69, 9.17) is 9.47 Å². The van der Waals surface area contributed by atoms with Crippen LogP contribution in [-0.2, 0) is 15.1 Å². The summed E-state index contributed by atoms with van der Waals surface area (Å²) in [5.41, 5.74) is 0.464. The van der Waals surface area contributed by atoms with E-state index in [0.29, 0.717) is 25.2 Å². The first-order valence-corrected chi connectivity index (χ1v) is 9.21. The summed E-state index contributed by atoms with van der Waals surface area (Å²) in [5, 5.41) is 0. The second-order valence-corrected chi connectivity index (χ2v) is 8.26. The molecular formula is C20H28N2O4. The molecule has 26 heavy (non-hydrogen) atoms. The van der Waals surface area contributed by atoms with Gasteiger partial charge in [-0.25, -0.2) is 9.59 Å². The summed E-state index contributed by atoms with van der Waals surface area (Å²) in [6.45, 7) is 11.1. The number of carbonyl (C=O) groups is 2. The number of rotatable bonds is 2. The number of amides is 1. The van der Waals surface area contributed by atoms with E-state index < -0.39 is 11.2 Å². The van der Waals surface area contributed by atoms with Crippen LogP contribution >= 0.6 is 0 Å². The van der Waals surface area contributed by atoms with Crippen molar-refractivity contribution in [3.8, 4) is 0 Å². The van der Waals surface area contributed by atoms with Gasteiger partial charge in [0.05, 0.1) is 5.56 Å². The van der Waals surface area contributed by atoms with E-state index in [1.807, 2.05) is 52.0 Å². The molecular weight excluding hydrogens is 332 g/mol. The lowest BCUT2D eigenvalue weighted by molar-refractivity contribution is -0.0160. The Morgan fingerprint density at radius 3 is 2.65 bits per heavy atom. The van der Waals surface area contributed by atoms with Crippen molar-refractivity contribution in [1.29, 1.82) is 0 Å². The van der Waals surface area contributed by atoms with Crippen molar-refractivity contribution in [1.82, 2.24) is 9.80 Å². The van der Waals surface area contributed by atoms with Crippen molar-refractivity contribution in [2.75, 3.05) is 32.7 Å². The van der Waals surface area contributed by atoms with Crippen molar-refractivity contribution in [2.24, 2.45) is 0 Å². The van der Waals surface area contributed by atoms with Crippen molar-refractivity contribution < 1.29 is 19.1 Å². The largest absolute Gasteiger partial charge is 0.449 e. The average molecular weight is 360 g/mol. The average Bonchev–Trinajstić information content (AvgIpc) is 2.70. The highest BCUT2D eigenvalue weighted by molar-refractivity contribution is 5.94. The number of nitrogens with zero attached hydrogens (tertiary/aromatic N) is 2. The third-order valence-corrected chi connectivity index (χ3v) is 4.80. The topological polar surface area (TPSA) is 59.1 Å². The first kappa shape index (κ1) is 18.7. The molecule has 1 aromatic rings. The molecule has 0 aromatic heterocycles. The molecule has 2 aliphatic rings. The number of hydrogen-bond acceptors (Lipinski definition) is 5. The Kier molecular flexibility index (Phi) is 4.97. The summed E-state index contributed by atoms with van der Waals surface area (Å²) in [7, 11) is 0. The molecule has 2 aliphatic heterocycles. The number of esters is 1. The lowest BCUT2D eigenvalue weighted by Crippen LogP contribution is -2.42. The monoisotopic (exact) mass is 360 g/mol. The Morgan fingerprint density at radius 1 is 1.19 bits per heavy atom. The van der Waals surface area contributed by atoms with Gasteiger partial charge in [0.2, 0.25) is 0 Å². The van der Waals surface area contributed by atoms with Gasteiger partial charge in [0, 0.05) is 38.3 Å². The number of fused-ring (bicyclic) bond motifs is 1. The van der Waals surface area contributed by atoms with Crippen LogP contribution in [0.5, 0.6) is 0 Å². The van der Waals surface area contributed by atoms with Crippen LogP contribution in [0.15, 0.2) is 24.3 Å². The molecule has 2 heterocycles. The molecule has 142 valence electrons. The van der Waals surface area contributed by atoms with Gasteiger partial charge in [0.1, 0.15) is 11.2 Å². The van der Waals surface area contributed by atoms with Crippen molar-refractivity contribution in [3.05, 3.63) is 35.4 Å². The fourth-order valence-electron chi connectivity index (χ4n) is 3.62. The van der Waals surface area contributed by atoms with E-state index >= 15 is 0 Å². The van der Waals surface area contributed by atoms with Crippen molar-refractivity contribution in [2.45, 2.75) is 45.3 Å². The molecule has 3 rings (SSSR count). The molecule has 0 saturated carbocycles. The molecule has 0 spiro atoms. The van der Waals surface area contributed by atoms with Gasteiger partial charge in [-0.2, -0.15) is 0 Å². The lowest BCUT2D eigenvalue weighted by Gasteiger charge is -2.31. The molecule has 1 aromatic carbocycles. The van der Waals surface area contributed by atoms with Crippen LogP contribution in [0.3, 0.4) is 0 Å². The standard InChI is InChI=1S/C20H28N2O4/c1-19(2,3)26-18(24)22-11-7-10-21(12-13-22)14-20(4)16-9-6-5-8-15(16)17(23)25-20/h5-6,8-9H,7,10-14H2,1-4H3/t20-/m1/s1. The maximum absolute atomic E-state index is 12.3. The van der Waals surface area contributed by atoms with Gasteiger partial charge < -0.3 is 14.4 Å². The lowest BCUT2D eigenvalue weighted by atomic mass is 9.93. The van der Waals surface area contributed by atoms with E-state index in [-0.39, 0.29) is 12.1 Å². The first-order valence-electron chi connectivity index (χ1n) is 9.21. The van der Waals surface area contributed by atoms with Crippen molar-refractivity contribution in [3.63, 3.8) is 0 Å². The zero-order chi connectivity index (χ0) is 18.9. The van der Waals surface area contributed by atoms with Crippen LogP contribution in [0.2, 0.25) is 0 Å². The van der Waals surface area contributed by atoms with Crippen LogP contribution in [0.25, 0.3) is 0 Å². The Morgan fingerprint density at radius 2 is 1.92 bits per heavy atom. The zero-order valence-electron chi connectivity index (χ0n) is 16.1. The highest BCUT2D eigenvalue weighted by atomic mass is 16.6. The predicted octanol–water partition coefficient (Wildman–Crippen LogP) is 3.02. The van der Waals surface area contributed by atoms with Gasteiger partial charge in [-0.1, -0.05) is 18.2 Å². The van der Waals surface area contributed by atoms with Gasteiger partial charge in [-0.05, 0) is 40.2 Å². The summed E-state index contributed by atoms with van der Waals surface area (Å²) in [6, 6.07) is 7.57. The summed E-state index contributed by atoms with van der Waals surface area (Å²) < 4.78 is 11.2. The Labute approximate surface area is 155 Å². The summed E-state index contributed by atoms with van der Waals surface area (Å²) in [4.78, 5) is 28.5. The smallest absolute Gasteiger partial charge is 0.410 e. The van der Waals surface area contributed by atoms with E-state index in [1.54, 1.807) is 4.90 Å². The van der Waals surface area contributed by atoms with E-state index in [9.17, 15) is 9.59 Å². The quantitative estimate of drug-likeness (QED) is 0.759. The molecule has 1 fully saturated rings. The van der Waals surface area contributed by atoms with Gasteiger partial charge >= 0.3 is 12.1 Å². The van der Waals surface area contributed by atoms with E-state index in [0.717, 1.165) is 25.1 Å². The second kappa shape index (κ2) is 6.91. The first-order chi connectivity index (χ1) is 12.2. The van der Waals surface area contributed by atoms with Crippen LogP contribution < -0.4 is 0 Å². The van der Waals surface area contributed by atoms with Crippen LogP contribution in [0, 0.1) is 0 Å². The minimum Gasteiger partial charge on any atom is -0.449 e. The summed E-state index contributed by atoms with van der Waals surface area (Å²) >= 11 is 0. The molecule has 0 bridgehead atoms. The second-order valence-electron chi connectivity index (χ2n) is 8.26. The minimum absolute atomic E-state index is 0.256. The number of carbonyl (C=O) groups excluding carboxylic acids is 2. The van der Waals surface area contributed by atoms with E-state index in [2.05, 4.69) is 4.90 Å². The molecule has 0 unspecified atom stereocenters. The molecule has 1 amide bonds.